The molecule has 0 saturated heterocycles. The van der Waals surface area contributed by atoms with E-state index in [1.807, 2.05) is 32.9 Å². The van der Waals surface area contributed by atoms with Crippen LogP contribution in [0.5, 0.6) is 0 Å². The standard InChI is InChI=1S/C13H20N4O2/c1-8(2)15-13(19)16-9(3)10-4-6-11(7-5-10)17-12(14)18/h4-9H,1-3H3,(H3,14,17,18)(H2,15,16,19)/t9-/m1/s1. The van der Waals surface area contributed by atoms with Gasteiger partial charge in [0.15, 0.2) is 0 Å². The first-order valence-electron chi connectivity index (χ1n) is 6.12. The maximum atomic E-state index is 11.6. The molecular weight excluding hydrogens is 244 g/mol. The minimum Gasteiger partial charge on any atom is -0.351 e. The highest BCUT2D eigenvalue weighted by Gasteiger charge is 2.10. The highest BCUT2D eigenvalue weighted by Crippen LogP contribution is 2.15. The first-order valence-corrected chi connectivity index (χ1v) is 6.12. The van der Waals surface area contributed by atoms with Crippen LogP contribution in [0.3, 0.4) is 0 Å². The maximum Gasteiger partial charge on any atom is 0.316 e. The third kappa shape index (κ3) is 5.29. The second-order valence-corrected chi connectivity index (χ2v) is 4.61. The molecule has 0 aliphatic carbocycles. The van der Waals surface area contributed by atoms with Crippen molar-refractivity contribution in [2.24, 2.45) is 5.73 Å². The zero-order valence-electron chi connectivity index (χ0n) is 11.4. The molecule has 6 heteroatoms. The van der Waals surface area contributed by atoms with Gasteiger partial charge in [0.2, 0.25) is 0 Å². The molecule has 0 bridgehead atoms. The average Bonchev–Trinajstić information content (AvgIpc) is 2.27. The molecule has 1 rings (SSSR count). The lowest BCUT2D eigenvalue weighted by Crippen LogP contribution is -2.40. The van der Waals surface area contributed by atoms with Crippen LogP contribution in [0.2, 0.25) is 0 Å². The number of rotatable bonds is 4. The fourth-order valence-corrected chi connectivity index (χ4v) is 1.58. The smallest absolute Gasteiger partial charge is 0.316 e. The summed E-state index contributed by atoms with van der Waals surface area (Å²) in [5.74, 6) is 0. The van der Waals surface area contributed by atoms with Crippen LogP contribution in [0.15, 0.2) is 24.3 Å². The van der Waals surface area contributed by atoms with Crippen LogP contribution >= 0.6 is 0 Å². The maximum absolute atomic E-state index is 11.6. The van der Waals surface area contributed by atoms with Crippen LogP contribution in [0, 0.1) is 0 Å². The van der Waals surface area contributed by atoms with Crippen LogP contribution < -0.4 is 21.7 Å². The molecule has 0 radical (unpaired) electrons. The molecule has 0 unspecified atom stereocenters. The SMILES string of the molecule is CC(C)NC(=O)N[C@H](C)c1ccc(NC(N)=O)cc1. The van der Waals surface area contributed by atoms with Gasteiger partial charge in [-0.25, -0.2) is 9.59 Å². The van der Waals surface area contributed by atoms with E-state index in [9.17, 15) is 9.59 Å². The van der Waals surface area contributed by atoms with Crippen LogP contribution in [0.25, 0.3) is 0 Å². The molecule has 0 aliphatic rings. The number of hydrogen-bond acceptors (Lipinski definition) is 2. The van der Waals surface area contributed by atoms with Crippen molar-refractivity contribution in [3.63, 3.8) is 0 Å². The van der Waals surface area contributed by atoms with E-state index in [2.05, 4.69) is 16.0 Å². The lowest BCUT2D eigenvalue weighted by Gasteiger charge is -2.16. The fraction of sp³-hybridized carbons (Fsp3) is 0.385. The highest BCUT2D eigenvalue weighted by molar-refractivity contribution is 5.87. The average molecular weight is 264 g/mol. The zero-order valence-corrected chi connectivity index (χ0v) is 11.4. The minimum atomic E-state index is -0.602. The number of nitrogens with two attached hydrogens (primary N) is 1. The molecule has 0 spiro atoms. The molecule has 1 atom stereocenters. The van der Waals surface area contributed by atoms with Gasteiger partial charge >= 0.3 is 12.1 Å². The van der Waals surface area contributed by atoms with E-state index in [0.717, 1.165) is 5.56 Å². The number of hydrogen-bond donors (Lipinski definition) is 4. The molecule has 19 heavy (non-hydrogen) atoms. The fourth-order valence-electron chi connectivity index (χ4n) is 1.58. The number of primary amides is 1. The summed E-state index contributed by atoms with van der Waals surface area (Å²) in [4.78, 5) is 22.2. The highest BCUT2D eigenvalue weighted by atomic mass is 16.2. The third-order valence-corrected chi connectivity index (χ3v) is 2.45. The quantitative estimate of drug-likeness (QED) is 0.668. The molecule has 0 heterocycles. The number of amides is 4. The van der Waals surface area contributed by atoms with Crippen molar-refractivity contribution in [1.29, 1.82) is 0 Å². The van der Waals surface area contributed by atoms with Crippen LogP contribution in [-0.2, 0) is 0 Å². The Morgan fingerprint density at radius 3 is 2.11 bits per heavy atom. The van der Waals surface area contributed by atoms with Crippen LogP contribution in [0.4, 0.5) is 15.3 Å². The number of urea groups is 2. The topological polar surface area (TPSA) is 96.2 Å². The van der Waals surface area contributed by atoms with Crippen LogP contribution in [-0.4, -0.2) is 18.1 Å². The molecule has 104 valence electrons. The van der Waals surface area contributed by atoms with E-state index in [1.54, 1.807) is 12.1 Å². The molecule has 6 nitrogen and oxygen atoms in total. The summed E-state index contributed by atoms with van der Waals surface area (Å²) in [6.07, 6.45) is 0. The van der Waals surface area contributed by atoms with Crippen molar-refractivity contribution in [3.05, 3.63) is 29.8 Å². The van der Waals surface area contributed by atoms with Gasteiger partial charge in [0.05, 0.1) is 6.04 Å². The summed E-state index contributed by atoms with van der Waals surface area (Å²) in [6.45, 7) is 5.68. The van der Waals surface area contributed by atoms with Crippen molar-refractivity contribution in [2.45, 2.75) is 32.9 Å². The van der Waals surface area contributed by atoms with E-state index in [1.165, 1.54) is 0 Å². The normalized spacial score (nSPS) is 11.8. The lowest BCUT2D eigenvalue weighted by molar-refractivity contribution is 0.235. The Hall–Kier alpha value is -2.24. The Kier molecular flexibility index (Phi) is 5.17. The van der Waals surface area contributed by atoms with E-state index in [4.69, 9.17) is 5.73 Å². The van der Waals surface area contributed by atoms with Gasteiger partial charge in [0, 0.05) is 11.7 Å². The summed E-state index contributed by atoms with van der Waals surface area (Å²) in [6, 6.07) is 6.28. The molecule has 5 N–H and O–H groups in total. The van der Waals surface area contributed by atoms with E-state index < -0.39 is 6.03 Å². The molecular formula is C13H20N4O2. The summed E-state index contributed by atoms with van der Waals surface area (Å²) in [5.41, 5.74) is 6.58. The Labute approximate surface area is 112 Å². The molecule has 0 fully saturated rings. The first kappa shape index (κ1) is 14.8. The molecule has 1 aromatic rings. The van der Waals surface area contributed by atoms with Crippen molar-refractivity contribution in [1.82, 2.24) is 10.6 Å². The van der Waals surface area contributed by atoms with Gasteiger partial charge in [0.25, 0.3) is 0 Å². The Morgan fingerprint density at radius 2 is 1.63 bits per heavy atom. The van der Waals surface area contributed by atoms with Gasteiger partial charge in [-0.2, -0.15) is 0 Å². The van der Waals surface area contributed by atoms with Gasteiger partial charge in [-0.05, 0) is 38.5 Å². The molecule has 1 aromatic carbocycles. The summed E-state index contributed by atoms with van der Waals surface area (Å²) >= 11 is 0. The number of anilines is 1. The van der Waals surface area contributed by atoms with E-state index in [0.29, 0.717) is 5.69 Å². The number of carbonyl (C=O) groups excluding carboxylic acids is 2. The third-order valence-electron chi connectivity index (χ3n) is 2.45. The second-order valence-electron chi connectivity index (χ2n) is 4.61. The Morgan fingerprint density at radius 1 is 1.05 bits per heavy atom. The van der Waals surface area contributed by atoms with Crippen molar-refractivity contribution >= 4 is 17.7 Å². The van der Waals surface area contributed by atoms with Gasteiger partial charge in [-0.3, -0.25) is 0 Å². The molecule has 0 saturated carbocycles. The van der Waals surface area contributed by atoms with Gasteiger partial charge in [0.1, 0.15) is 0 Å². The summed E-state index contributed by atoms with van der Waals surface area (Å²) < 4.78 is 0. The predicted molar refractivity (Wildman–Crippen MR) is 74.9 cm³/mol. The monoisotopic (exact) mass is 264 g/mol. The minimum absolute atomic E-state index is 0.0920. The molecule has 0 aromatic heterocycles. The molecule has 4 amide bonds. The largest absolute Gasteiger partial charge is 0.351 e. The Balaban J connectivity index is 2.60. The van der Waals surface area contributed by atoms with Crippen LogP contribution in [0.1, 0.15) is 32.4 Å². The van der Waals surface area contributed by atoms with E-state index >= 15 is 0 Å². The van der Waals surface area contributed by atoms with Gasteiger partial charge in [-0.1, -0.05) is 12.1 Å². The lowest BCUT2D eigenvalue weighted by atomic mass is 10.1. The zero-order chi connectivity index (χ0) is 14.4. The van der Waals surface area contributed by atoms with Crippen molar-refractivity contribution in [3.8, 4) is 0 Å². The van der Waals surface area contributed by atoms with Crippen molar-refractivity contribution < 1.29 is 9.59 Å². The second kappa shape index (κ2) is 6.63. The Bertz CT molecular complexity index is 442. The summed E-state index contributed by atoms with van der Waals surface area (Å²) in [7, 11) is 0. The van der Waals surface area contributed by atoms with Gasteiger partial charge < -0.3 is 21.7 Å². The van der Waals surface area contributed by atoms with E-state index in [-0.39, 0.29) is 18.1 Å². The predicted octanol–water partition coefficient (Wildman–Crippen LogP) is 1.95. The number of carbonyl (C=O) groups is 2. The number of benzene rings is 1. The number of nitrogens with one attached hydrogen (secondary N) is 3. The van der Waals surface area contributed by atoms with Gasteiger partial charge in [-0.15, -0.1) is 0 Å². The van der Waals surface area contributed by atoms with Crippen molar-refractivity contribution in [2.75, 3.05) is 5.32 Å². The summed E-state index contributed by atoms with van der Waals surface area (Å²) in [5, 5.41) is 8.06. The first-order chi connectivity index (χ1) is 8.88. The molecule has 0 aliphatic heterocycles.